The van der Waals surface area contributed by atoms with Crippen LogP contribution in [0.3, 0.4) is 0 Å². The normalized spacial score (nSPS) is 10.3. The first-order valence-electron chi connectivity index (χ1n) is 9.00. The van der Waals surface area contributed by atoms with Gasteiger partial charge in [0.2, 0.25) is 5.91 Å². The fraction of sp³-hybridized carbons (Fsp3) is 0.190. The zero-order valence-corrected chi connectivity index (χ0v) is 15.7. The molecule has 3 rings (SSSR count). The lowest BCUT2D eigenvalue weighted by Gasteiger charge is -2.10. The minimum absolute atomic E-state index is 0.0909. The van der Waals surface area contributed by atoms with Crippen LogP contribution in [0.25, 0.3) is 0 Å². The number of aromatic nitrogens is 2. The number of nitrogens with zero attached hydrogens (tertiary/aromatic N) is 2. The van der Waals surface area contributed by atoms with Crippen molar-refractivity contribution in [1.82, 2.24) is 20.2 Å². The van der Waals surface area contributed by atoms with E-state index in [2.05, 4.69) is 20.9 Å². The molecule has 3 amide bonds. The van der Waals surface area contributed by atoms with Gasteiger partial charge in [-0.15, -0.1) is 0 Å². The average Bonchev–Trinajstić information content (AvgIpc) is 3.18. The van der Waals surface area contributed by atoms with Crippen molar-refractivity contribution in [2.75, 3.05) is 11.9 Å². The first kappa shape index (κ1) is 19.2. The number of imidazole rings is 1. The Labute approximate surface area is 163 Å². The van der Waals surface area contributed by atoms with Gasteiger partial charge in [0.05, 0.1) is 12.9 Å². The van der Waals surface area contributed by atoms with Crippen molar-refractivity contribution in [1.29, 1.82) is 0 Å². The Morgan fingerprint density at radius 1 is 1.04 bits per heavy atom. The van der Waals surface area contributed by atoms with Crippen LogP contribution in [0.5, 0.6) is 0 Å². The highest BCUT2D eigenvalue weighted by Gasteiger charge is 2.06. The van der Waals surface area contributed by atoms with E-state index in [0.717, 1.165) is 23.2 Å². The van der Waals surface area contributed by atoms with E-state index in [1.165, 1.54) is 0 Å². The Balaban J connectivity index is 1.42. The van der Waals surface area contributed by atoms with Gasteiger partial charge in [-0.3, -0.25) is 4.79 Å². The van der Waals surface area contributed by atoms with Crippen molar-refractivity contribution in [3.8, 4) is 0 Å². The third kappa shape index (κ3) is 5.98. The molecule has 0 saturated heterocycles. The summed E-state index contributed by atoms with van der Waals surface area (Å²) in [5, 5.41) is 8.07. The Bertz CT molecular complexity index is 937. The number of carbonyl (C=O) groups is 2. The molecule has 2 aromatic carbocycles. The summed E-state index contributed by atoms with van der Waals surface area (Å²) in [4.78, 5) is 27.9. The number of hydrogen-bond acceptors (Lipinski definition) is 3. The van der Waals surface area contributed by atoms with Gasteiger partial charge in [-0.25, -0.2) is 9.78 Å². The van der Waals surface area contributed by atoms with E-state index >= 15 is 0 Å². The third-order valence-corrected chi connectivity index (χ3v) is 4.09. The molecule has 0 fully saturated rings. The number of amides is 3. The van der Waals surface area contributed by atoms with Gasteiger partial charge >= 0.3 is 6.03 Å². The Hall–Kier alpha value is -3.61. The van der Waals surface area contributed by atoms with Crippen molar-refractivity contribution in [2.24, 2.45) is 0 Å². The number of hydrogen-bond donors (Lipinski definition) is 3. The highest BCUT2D eigenvalue weighted by Crippen LogP contribution is 2.09. The van der Waals surface area contributed by atoms with E-state index in [1.807, 2.05) is 60.2 Å². The number of nitrogens with one attached hydrogen (secondary N) is 3. The zero-order chi connectivity index (χ0) is 19.8. The molecule has 0 aliphatic carbocycles. The van der Waals surface area contributed by atoms with Crippen LogP contribution in [-0.4, -0.2) is 28.0 Å². The average molecular weight is 377 g/mol. The molecule has 0 saturated carbocycles. The quantitative estimate of drug-likeness (QED) is 0.591. The lowest BCUT2D eigenvalue weighted by molar-refractivity contribution is -0.120. The first-order valence-corrected chi connectivity index (χ1v) is 9.00. The predicted molar refractivity (Wildman–Crippen MR) is 108 cm³/mol. The van der Waals surface area contributed by atoms with Crippen LogP contribution in [0.4, 0.5) is 10.5 Å². The summed E-state index contributed by atoms with van der Waals surface area (Å²) in [6, 6.07) is 15.0. The maximum Gasteiger partial charge on any atom is 0.319 e. The van der Waals surface area contributed by atoms with Crippen molar-refractivity contribution in [3.05, 3.63) is 83.9 Å². The highest BCUT2D eigenvalue weighted by molar-refractivity contribution is 5.92. The maximum atomic E-state index is 12.0. The molecule has 7 nitrogen and oxygen atoms in total. The monoisotopic (exact) mass is 377 g/mol. The van der Waals surface area contributed by atoms with Crippen LogP contribution in [0.1, 0.15) is 16.7 Å². The second-order valence-electron chi connectivity index (χ2n) is 6.51. The summed E-state index contributed by atoms with van der Waals surface area (Å²) in [5.41, 5.74) is 3.86. The third-order valence-electron chi connectivity index (χ3n) is 4.09. The van der Waals surface area contributed by atoms with Crippen LogP contribution >= 0.6 is 0 Å². The predicted octanol–water partition coefficient (Wildman–Crippen LogP) is 2.68. The van der Waals surface area contributed by atoms with Crippen LogP contribution < -0.4 is 16.0 Å². The molecular weight excluding hydrogens is 354 g/mol. The Kier molecular flexibility index (Phi) is 6.41. The van der Waals surface area contributed by atoms with Crippen molar-refractivity contribution in [2.45, 2.75) is 20.0 Å². The molecule has 1 aromatic heterocycles. The second kappa shape index (κ2) is 9.36. The molecular formula is C21H23N5O2. The van der Waals surface area contributed by atoms with Gasteiger partial charge in [0.1, 0.15) is 0 Å². The van der Waals surface area contributed by atoms with Crippen LogP contribution in [0.15, 0.2) is 67.3 Å². The molecule has 0 spiro atoms. The van der Waals surface area contributed by atoms with Gasteiger partial charge in [-0.1, -0.05) is 36.4 Å². The molecule has 0 aliphatic rings. The highest BCUT2D eigenvalue weighted by atomic mass is 16.2. The van der Waals surface area contributed by atoms with E-state index in [1.54, 1.807) is 18.6 Å². The van der Waals surface area contributed by atoms with Gasteiger partial charge in [0.25, 0.3) is 0 Å². The van der Waals surface area contributed by atoms with Gasteiger partial charge in [0, 0.05) is 31.2 Å². The first-order chi connectivity index (χ1) is 13.6. The molecule has 1 heterocycles. The fourth-order valence-corrected chi connectivity index (χ4v) is 2.75. The summed E-state index contributed by atoms with van der Waals surface area (Å²) < 4.78 is 1.98. The summed E-state index contributed by atoms with van der Waals surface area (Å²) in [7, 11) is 0. The zero-order valence-electron chi connectivity index (χ0n) is 15.7. The SMILES string of the molecule is Cc1cccc(NC(=O)NCC(=O)NCc2cccc(Cn3ccnc3)c2)c1. The maximum absolute atomic E-state index is 12.0. The van der Waals surface area contributed by atoms with Gasteiger partial charge in [0.15, 0.2) is 0 Å². The molecule has 0 bridgehead atoms. The molecule has 0 atom stereocenters. The van der Waals surface area contributed by atoms with Crippen molar-refractivity contribution < 1.29 is 9.59 Å². The molecule has 3 N–H and O–H groups in total. The smallest absolute Gasteiger partial charge is 0.319 e. The molecule has 144 valence electrons. The fourth-order valence-electron chi connectivity index (χ4n) is 2.75. The number of benzene rings is 2. The van der Waals surface area contributed by atoms with Gasteiger partial charge in [-0.2, -0.15) is 0 Å². The number of carbonyl (C=O) groups excluding carboxylic acids is 2. The molecule has 7 heteroatoms. The number of aryl methyl sites for hydroxylation is 1. The molecule has 0 unspecified atom stereocenters. The van der Waals surface area contributed by atoms with Crippen molar-refractivity contribution >= 4 is 17.6 Å². The van der Waals surface area contributed by atoms with E-state index in [-0.39, 0.29) is 12.5 Å². The lowest BCUT2D eigenvalue weighted by Crippen LogP contribution is -2.38. The molecule has 0 aliphatic heterocycles. The summed E-state index contributed by atoms with van der Waals surface area (Å²) in [6.07, 6.45) is 5.41. The minimum Gasteiger partial charge on any atom is -0.350 e. The second-order valence-corrected chi connectivity index (χ2v) is 6.51. The number of anilines is 1. The lowest BCUT2D eigenvalue weighted by atomic mass is 10.1. The summed E-state index contributed by atoms with van der Waals surface area (Å²) >= 11 is 0. The Morgan fingerprint density at radius 2 is 1.86 bits per heavy atom. The van der Waals surface area contributed by atoms with Crippen LogP contribution in [0, 0.1) is 6.92 Å². The Morgan fingerprint density at radius 3 is 2.64 bits per heavy atom. The van der Waals surface area contributed by atoms with Crippen molar-refractivity contribution in [3.63, 3.8) is 0 Å². The van der Waals surface area contributed by atoms with E-state index < -0.39 is 6.03 Å². The standard InChI is InChI=1S/C21H23N5O2/c1-16-4-2-7-19(10-16)25-21(28)24-13-20(27)23-12-17-5-3-6-18(11-17)14-26-9-8-22-15-26/h2-11,15H,12-14H2,1H3,(H,23,27)(H2,24,25,28). The molecule has 0 radical (unpaired) electrons. The van der Waals surface area contributed by atoms with E-state index in [4.69, 9.17) is 0 Å². The molecule has 3 aromatic rings. The number of rotatable bonds is 7. The summed E-state index contributed by atoms with van der Waals surface area (Å²) in [5.74, 6) is -0.251. The van der Waals surface area contributed by atoms with Crippen LogP contribution in [-0.2, 0) is 17.9 Å². The van der Waals surface area contributed by atoms with E-state index in [9.17, 15) is 9.59 Å². The number of urea groups is 1. The van der Waals surface area contributed by atoms with Gasteiger partial charge < -0.3 is 20.5 Å². The van der Waals surface area contributed by atoms with Gasteiger partial charge in [-0.05, 0) is 35.7 Å². The van der Waals surface area contributed by atoms with Crippen LogP contribution in [0.2, 0.25) is 0 Å². The summed E-state index contributed by atoms with van der Waals surface area (Å²) in [6.45, 7) is 2.98. The molecule has 28 heavy (non-hydrogen) atoms. The van der Waals surface area contributed by atoms with E-state index in [0.29, 0.717) is 12.2 Å². The largest absolute Gasteiger partial charge is 0.350 e. The minimum atomic E-state index is -0.414. The topological polar surface area (TPSA) is 88.0 Å².